The molecule has 0 unspecified atom stereocenters. The van der Waals surface area contributed by atoms with Crippen LogP contribution in [0.4, 0.5) is 15.9 Å². The second kappa shape index (κ2) is 11.2. The summed E-state index contributed by atoms with van der Waals surface area (Å²) in [4.78, 5) is 30.6. The van der Waals surface area contributed by atoms with E-state index in [1.807, 2.05) is 10.9 Å². The molecule has 1 amide bonds. The van der Waals surface area contributed by atoms with Crippen molar-refractivity contribution in [3.05, 3.63) is 96.2 Å². The Morgan fingerprint density at radius 2 is 1.79 bits per heavy atom. The highest BCUT2D eigenvalue weighted by molar-refractivity contribution is 6.00. The lowest BCUT2D eigenvalue weighted by molar-refractivity contribution is -0.125. The molecule has 0 radical (unpaired) electrons. The van der Waals surface area contributed by atoms with Crippen LogP contribution in [-0.2, 0) is 9.53 Å². The molecule has 0 aliphatic carbocycles. The summed E-state index contributed by atoms with van der Waals surface area (Å²) < 4.78 is 20.9. The zero-order valence-electron chi connectivity index (χ0n) is 20.5. The Bertz CT molecular complexity index is 1420. The van der Waals surface area contributed by atoms with Gasteiger partial charge in [-0.25, -0.2) is 14.2 Å². The first-order valence-corrected chi connectivity index (χ1v) is 12.3. The lowest BCUT2D eigenvalue weighted by Crippen LogP contribution is -2.29. The van der Waals surface area contributed by atoms with E-state index in [0.29, 0.717) is 22.9 Å². The molecule has 4 aromatic rings. The van der Waals surface area contributed by atoms with Crippen molar-refractivity contribution < 1.29 is 18.7 Å². The second-order valence-corrected chi connectivity index (χ2v) is 9.04. The summed E-state index contributed by atoms with van der Waals surface area (Å²) in [5.74, 6) is -1.85. The quantitative estimate of drug-likeness (QED) is 0.317. The lowest BCUT2D eigenvalue weighted by Gasteiger charge is -2.22. The van der Waals surface area contributed by atoms with E-state index in [0.717, 1.165) is 31.5 Å². The second-order valence-electron chi connectivity index (χ2n) is 9.04. The van der Waals surface area contributed by atoms with E-state index >= 15 is 0 Å². The molecule has 1 aliphatic heterocycles. The largest absolute Gasteiger partial charge is 0.444 e. The van der Waals surface area contributed by atoms with E-state index in [9.17, 15) is 14.0 Å². The van der Waals surface area contributed by atoms with Crippen LogP contribution >= 0.6 is 0 Å². The Morgan fingerprint density at radius 1 is 1.05 bits per heavy atom. The van der Waals surface area contributed by atoms with Crippen LogP contribution in [0.15, 0.2) is 79.3 Å². The molecule has 5 rings (SSSR count). The Morgan fingerprint density at radius 3 is 2.53 bits per heavy atom. The summed E-state index contributed by atoms with van der Waals surface area (Å²) in [6.45, 7) is 1.88. The fraction of sp³-hybridized carbons (Fsp3) is 0.214. The van der Waals surface area contributed by atoms with Crippen LogP contribution in [0, 0.1) is 5.82 Å². The Labute approximate surface area is 218 Å². The van der Waals surface area contributed by atoms with Crippen molar-refractivity contribution >= 4 is 23.4 Å². The number of ether oxygens (including phenoxy) is 1. The molecule has 0 spiro atoms. The van der Waals surface area contributed by atoms with Crippen molar-refractivity contribution in [3.63, 3.8) is 0 Å². The minimum Gasteiger partial charge on any atom is -0.444 e. The normalized spacial score (nSPS) is 14.6. The highest BCUT2D eigenvalue weighted by Crippen LogP contribution is 2.27. The standard InChI is InChI=1S/C28H27FN6O3/c29-21-6-8-22(9-7-21)34-27(36)25(18-4-2-1-3-5-18)38-28(37)24-14-19(15-32-26(24)30)20-16-33-35(17-20)23-10-12-31-13-11-23/h1-9,14-17,23,25,31H,10-13H2,(H2,30,32)(H,34,36)/t25-/m1/s1. The van der Waals surface area contributed by atoms with Gasteiger partial charge >= 0.3 is 5.97 Å². The van der Waals surface area contributed by atoms with Gasteiger partial charge in [-0.1, -0.05) is 30.3 Å². The number of esters is 1. The smallest absolute Gasteiger partial charge is 0.343 e. The predicted octanol–water partition coefficient (Wildman–Crippen LogP) is 4.13. The number of rotatable bonds is 7. The summed E-state index contributed by atoms with van der Waals surface area (Å²) in [6, 6.07) is 15.8. The molecular weight excluding hydrogens is 487 g/mol. The zero-order valence-corrected chi connectivity index (χ0v) is 20.5. The number of aromatic nitrogens is 3. The van der Waals surface area contributed by atoms with Crippen LogP contribution in [-0.4, -0.2) is 39.7 Å². The van der Waals surface area contributed by atoms with Gasteiger partial charge in [-0.05, 0) is 56.3 Å². The maximum absolute atomic E-state index is 13.3. The first-order chi connectivity index (χ1) is 18.5. The molecule has 10 heteroatoms. The highest BCUT2D eigenvalue weighted by Gasteiger charge is 2.27. The monoisotopic (exact) mass is 514 g/mol. The van der Waals surface area contributed by atoms with Crippen molar-refractivity contribution in [1.29, 1.82) is 0 Å². The van der Waals surface area contributed by atoms with Crippen molar-refractivity contribution in [2.75, 3.05) is 24.1 Å². The van der Waals surface area contributed by atoms with Gasteiger partial charge in [-0.3, -0.25) is 9.48 Å². The average molecular weight is 515 g/mol. The molecule has 3 heterocycles. The first-order valence-electron chi connectivity index (χ1n) is 12.3. The molecule has 4 N–H and O–H groups in total. The minimum absolute atomic E-state index is 0.0183. The zero-order chi connectivity index (χ0) is 26.5. The average Bonchev–Trinajstić information content (AvgIpc) is 3.44. The van der Waals surface area contributed by atoms with Crippen molar-refractivity contribution in [1.82, 2.24) is 20.1 Å². The van der Waals surface area contributed by atoms with E-state index in [2.05, 4.69) is 20.7 Å². The number of carbonyl (C=O) groups excluding carboxylic acids is 2. The van der Waals surface area contributed by atoms with Crippen LogP contribution in [0.2, 0.25) is 0 Å². The molecule has 2 aromatic carbocycles. The number of hydrogen-bond donors (Lipinski definition) is 3. The fourth-order valence-electron chi connectivity index (χ4n) is 4.37. The predicted molar refractivity (Wildman–Crippen MR) is 141 cm³/mol. The van der Waals surface area contributed by atoms with Crippen LogP contribution in [0.5, 0.6) is 0 Å². The van der Waals surface area contributed by atoms with E-state index in [-0.39, 0.29) is 11.4 Å². The van der Waals surface area contributed by atoms with Crippen molar-refractivity contribution in [2.24, 2.45) is 0 Å². The third-order valence-corrected chi connectivity index (χ3v) is 6.43. The Kier molecular flexibility index (Phi) is 7.41. The maximum Gasteiger partial charge on any atom is 0.343 e. The van der Waals surface area contributed by atoms with Gasteiger partial charge < -0.3 is 21.1 Å². The van der Waals surface area contributed by atoms with Gasteiger partial charge in [0.05, 0.1) is 12.2 Å². The topological polar surface area (TPSA) is 124 Å². The number of nitrogen functional groups attached to an aromatic ring is 1. The van der Waals surface area contributed by atoms with Gasteiger partial charge in [0.15, 0.2) is 0 Å². The minimum atomic E-state index is -1.28. The van der Waals surface area contributed by atoms with Crippen molar-refractivity contribution in [2.45, 2.75) is 25.0 Å². The third kappa shape index (κ3) is 5.70. The number of nitrogens with zero attached hydrogens (tertiary/aromatic N) is 3. The van der Waals surface area contributed by atoms with E-state index < -0.39 is 23.8 Å². The van der Waals surface area contributed by atoms with Gasteiger partial charge in [0.2, 0.25) is 6.10 Å². The Balaban J connectivity index is 1.38. The van der Waals surface area contributed by atoms with Gasteiger partial charge in [0.25, 0.3) is 5.91 Å². The molecule has 2 aromatic heterocycles. The van der Waals surface area contributed by atoms with Gasteiger partial charge in [-0.15, -0.1) is 0 Å². The number of amides is 1. The number of anilines is 2. The fourth-order valence-corrected chi connectivity index (χ4v) is 4.37. The molecule has 0 bridgehead atoms. The molecular formula is C28H27FN6O3. The summed E-state index contributed by atoms with van der Waals surface area (Å²) >= 11 is 0. The third-order valence-electron chi connectivity index (χ3n) is 6.43. The molecule has 0 saturated carbocycles. The molecule has 194 valence electrons. The highest BCUT2D eigenvalue weighted by atomic mass is 19.1. The van der Waals surface area contributed by atoms with Crippen molar-refractivity contribution in [3.8, 4) is 11.1 Å². The SMILES string of the molecule is Nc1ncc(-c2cnn(C3CCNCC3)c2)cc1C(=O)O[C@@H](C(=O)Nc1ccc(F)cc1)c1ccccc1. The number of nitrogens with two attached hydrogens (primary N) is 1. The summed E-state index contributed by atoms with van der Waals surface area (Å²) in [7, 11) is 0. The molecule has 38 heavy (non-hydrogen) atoms. The summed E-state index contributed by atoms with van der Waals surface area (Å²) in [5, 5.41) is 10.5. The number of piperidine rings is 1. The van der Waals surface area contributed by atoms with Crippen LogP contribution in [0.25, 0.3) is 11.1 Å². The van der Waals surface area contributed by atoms with E-state index in [1.54, 1.807) is 48.8 Å². The first kappa shape index (κ1) is 25.1. The number of nitrogens with one attached hydrogen (secondary N) is 2. The molecule has 1 fully saturated rings. The number of halogens is 1. The maximum atomic E-state index is 13.3. The van der Waals surface area contributed by atoms with Crippen LogP contribution < -0.4 is 16.4 Å². The molecule has 1 atom stereocenters. The van der Waals surface area contributed by atoms with Crippen LogP contribution in [0.1, 0.15) is 40.9 Å². The van der Waals surface area contributed by atoms with E-state index in [4.69, 9.17) is 10.5 Å². The van der Waals surface area contributed by atoms with Crippen LogP contribution in [0.3, 0.4) is 0 Å². The number of benzene rings is 2. The lowest BCUT2D eigenvalue weighted by atomic mass is 10.1. The Hall–Kier alpha value is -4.57. The summed E-state index contributed by atoms with van der Waals surface area (Å²) in [6.07, 6.45) is 5.93. The van der Waals surface area contributed by atoms with Gasteiger partial charge in [0.1, 0.15) is 17.2 Å². The van der Waals surface area contributed by atoms with E-state index in [1.165, 1.54) is 24.3 Å². The van der Waals surface area contributed by atoms with Gasteiger partial charge in [0, 0.05) is 34.8 Å². The molecule has 9 nitrogen and oxygen atoms in total. The molecule has 1 aliphatic rings. The number of hydrogen-bond acceptors (Lipinski definition) is 7. The number of carbonyl (C=O) groups is 2. The molecule has 1 saturated heterocycles. The summed E-state index contributed by atoms with van der Waals surface area (Å²) in [5.41, 5.74) is 8.35. The van der Waals surface area contributed by atoms with Gasteiger partial charge in [-0.2, -0.15) is 5.10 Å². The number of pyridine rings is 1.